The maximum atomic E-state index is 13.1. The summed E-state index contributed by atoms with van der Waals surface area (Å²) in [6.45, 7) is 2.72. The number of amides is 1. The number of hydrogen-bond acceptors (Lipinski definition) is 13. The van der Waals surface area contributed by atoms with Crippen molar-refractivity contribution in [1.29, 1.82) is 0 Å². The van der Waals surface area contributed by atoms with Crippen LogP contribution in [0.1, 0.15) is 162 Å². The summed E-state index contributed by atoms with van der Waals surface area (Å²) in [5.41, 5.74) is 0. The molecule has 0 aliphatic carbocycles. The van der Waals surface area contributed by atoms with Gasteiger partial charge >= 0.3 is 0 Å². The van der Waals surface area contributed by atoms with Crippen LogP contribution in [0.3, 0.4) is 0 Å². The van der Waals surface area contributed by atoms with Gasteiger partial charge in [0.1, 0.15) is 48.8 Å². The Labute approximate surface area is 354 Å². The standard InChI is InChI=1S/C45H83NO13/c1-3-5-7-9-11-13-15-16-17-18-19-20-22-24-26-28-34(49)33(46-37(50)29-27-25-23-21-14-12-10-8-6-4-2)32-56-44-42(55)40(53)43(36(31-48)58-44)59-45-41(54)39(52)38(51)35(30-47)57-45/h19-20,26,28,33-36,38-45,47-49,51-55H,3-18,21-25,27,29-32H2,1-2H3,(H,46,50)/b20-19+,28-26+. The van der Waals surface area contributed by atoms with E-state index in [1.165, 1.54) is 96.3 Å². The molecule has 2 fully saturated rings. The molecule has 0 aromatic heterocycles. The molecule has 346 valence electrons. The average molecular weight is 846 g/mol. The number of aliphatic hydroxyl groups is 8. The fourth-order valence-electron chi connectivity index (χ4n) is 7.54. The predicted molar refractivity (Wildman–Crippen MR) is 226 cm³/mol. The zero-order valence-corrected chi connectivity index (χ0v) is 36.2. The first-order chi connectivity index (χ1) is 28.6. The Bertz CT molecular complexity index is 1090. The maximum Gasteiger partial charge on any atom is 0.220 e. The third-order valence-corrected chi connectivity index (χ3v) is 11.4. The van der Waals surface area contributed by atoms with Gasteiger partial charge in [0.25, 0.3) is 0 Å². The number of nitrogens with one attached hydrogen (secondary N) is 1. The molecule has 2 aliphatic heterocycles. The van der Waals surface area contributed by atoms with Crippen molar-refractivity contribution in [3.63, 3.8) is 0 Å². The largest absolute Gasteiger partial charge is 0.394 e. The molecule has 0 aromatic carbocycles. The Hall–Kier alpha value is -1.53. The number of hydrogen-bond donors (Lipinski definition) is 9. The molecule has 0 aromatic rings. The lowest BCUT2D eigenvalue weighted by atomic mass is 9.97. The fourth-order valence-corrected chi connectivity index (χ4v) is 7.54. The number of rotatable bonds is 34. The molecule has 14 nitrogen and oxygen atoms in total. The molecule has 12 unspecified atom stereocenters. The van der Waals surface area contributed by atoms with Gasteiger partial charge in [-0.2, -0.15) is 0 Å². The van der Waals surface area contributed by atoms with Crippen LogP contribution in [0.15, 0.2) is 24.3 Å². The second kappa shape index (κ2) is 33.1. The predicted octanol–water partition coefficient (Wildman–Crippen LogP) is 4.60. The molecule has 12 atom stereocenters. The van der Waals surface area contributed by atoms with Crippen LogP contribution in [-0.4, -0.2) is 140 Å². The van der Waals surface area contributed by atoms with Crippen LogP contribution in [0.2, 0.25) is 0 Å². The van der Waals surface area contributed by atoms with Crippen molar-refractivity contribution in [2.75, 3.05) is 19.8 Å². The minimum Gasteiger partial charge on any atom is -0.394 e. The van der Waals surface area contributed by atoms with Crippen molar-refractivity contribution in [3.8, 4) is 0 Å². The quantitative estimate of drug-likeness (QED) is 0.0319. The summed E-state index contributed by atoms with van der Waals surface area (Å²) in [5, 5.41) is 86.4. The van der Waals surface area contributed by atoms with Gasteiger partial charge in [0, 0.05) is 6.42 Å². The van der Waals surface area contributed by atoms with E-state index in [2.05, 4.69) is 31.3 Å². The molecule has 59 heavy (non-hydrogen) atoms. The van der Waals surface area contributed by atoms with Crippen LogP contribution in [0, 0.1) is 0 Å². The monoisotopic (exact) mass is 846 g/mol. The van der Waals surface area contributed by atoms with E-state index in [4.69, 9.17) is 18.9 Å². The van der Waals surface area contributed by atoms with E-state index >= 15 is 0 Å². The molecule has 9 N–H and O–H groups in total. The molecule has 0 saturated carbocycles. The van der Waals surface area contributed by atoms with Crippen LogP contribution >= 0.6 is 0 Å². The van der Waals surface area contributed by atoms with Crippen molar-refractivity contribution in [3.05, 3.63) is 24.3 Å². The number of aliphatic hydroxyl groups excluding tert-OH is 8. The number of allylic oxidation sites excluding steroid dienone is 3. The first kappa shape index (κ1) is 53.6. The van der Waals surface area contributed by atoms with E-state index in [1.54, 1.807) is 6.08 Å². The maximum absolute atomic E-state index is 13.1. The van der Waals surface area contributed by atoms with Crippen molar-refractivity contribution in [2.45, 2.75) is 235 Å². The van der Waals surface area contributed by atoms with Gasteiger partial charge in [-0.1, -0.05) is 147 Å². The molecule has 2 saturated heterocycles. The number of carbonyl (C=O) groups is 1. The molecule has 2 aliphatic rings. The Morgan fingerprint density at radius 1 is 0.593 bits per heavy atom. The van der Waals surface area contributed by atoms with Crippen LogP contribution in [0.5, 0.6) is 0 Å². The highest BCUT2D eigenvalue weighted by atomic mass is 16.7. The molecule has 0 spiro atoms. The molecule has 1 amide bonds. The zero-order chi connectivity index (χ0) is 43.3. The Balaban J connectivity index is 1.92. The Morgan fingerprint density at radius 2 is 1.08 bits per heavy atom. The summed E-state index contributed by atoms with van der Waals surface area (Å²) in [5.74, 6) is -0.253. The summed E-state index contributed by atoms with van der Waals surface area (Å²) < 4.78 is 22.6. The summed E-state index contributed by atoms with van der Waals surface area (Å²) in [6, 6.07) is -0.923. The number of unbranched alkanes of at least 4 members (excludes halogenated alkanes) is 19. The molecule has 0 radical (unpaired) electrons. The highest BCUT2D eigenvalue weighted by Crippen LogP contribution is 2.30. The Kier molecular flexibility index (Phi) is 30.1. The second-order valence-electron chi connectivity index (χ2n) is 16.5. The van der Waals surface area contributed by atoms with E-state index in [0.717, 1.165) is 32.1 Å². The van der Waals surface area contributed by atoms with Gasteiger partial charge in [-0.25, -0.2) is 0 Å². The normalized spacial score (nSPS) is 28.7. The van der Waals surface area contributed by atoms with Crippen LogP contribution in [-0.2, 0) is 23.7 Å². The topological polar surface area (TPSA) is 228 Å². The van der Waals surface area contributed by atoms with Crippen molar-refractivity contribution in [2.24, 2.45) is 0 Å². The lowest BCUT2D eigenvalue weighted by molar-refractivity contribution is -0.359. The molecule has 14 heteroatoms. The molecule has 0 bridgehead atoms. The van der Waals surface area contributed by atoms with E-state index in [1.807, 2.05) is 6.08 Å². The third-order valence-electron chi connectivity index (χ3n) is 11.4. The van der Waals surface area contributed by atoms with Crippen LogP contribution < -0.4 is 5.32 Å². The number of carbonyl (C=O) groups excluding carboxylic acids is 1. The first-order valence-electron chi connectivity index (χ1n) is 23.1. The first-order valence-corrected chi connectivity index (χ1v) is 23.1. The highest BCUT2D eigenvalue weighted by Gasteiger charge is 2.50. The van der Waals surface area contributed by atoms with Crippen molar-refractivity contribution < 1.29 is 64.6 Å². The van der Waals surface area contributed by atoms with Gasteiger partial charge in [-0.05, 0) is 32.1 Å². The van der Waals surface area contributed by atoms with Crippen LogP contribution in [0.25, 0.3) is 0 Å². The number of ether oxygens (including phenoxy) is 4. The van der Waals surface area contributed by atoms with E-state index in [0.29, 0.717) is 12.8 Å². The molecular formula is C45H83NO13. The van der Waals surface area contributed by atoms with E-state index in [9.17, 15) is 45.6 Å². The summed E-state index contributed by atoms with van der Waals surface area (Å²) in [6.07, 6.45) is 16.6. The van der Waals surface area contributed by atoms with Gasteiger partial charge in [0.2, 0.25) is 5.91 Å². The average Bonchev–Trinajstić information content (AvgIpc) is 3.23. The van der Waals surface area contributed by atoms with E-state index in [-0.39, 0.29) is 18.9 Å². The van der Waals surface area contributed by atoms with E-state index < -0.39 is 86.8 Å². The van der Waals surface area contributed by atoms with Crippen LogP contribution in [0.4, 0.5) is 0 Å². The summed E-state index contributed by atoms with van der Waals surface area (Å²) in [7, 11) is 0. The summed E-state index contributed by atoms with van der Waals surface area (Å²) >= 11 is 0. The van der Waals surface area contributed by atoms with Gasteiger partial charge in [-0.15, -0.1) is 0 Å². The van der Waals surface area contributed by atoms with Crippen molar-refractivity contribution in [1.82, 2.24) is 5.32 Å². The van der Waals surface area contributed by atoms with Gasteiger partial charge in [0.05, 0.1) is 32.0 Å². The van der Waals surface area contributed by atoms with Crippen molar-refractivity contribution >= 4 is 5.91 Å². The fraction of sp³-hybridized carbons (Fsp3) is 0.889. The minimum absolute atomic E-state index is 0.253. The SMILES string of the molecule is CCCCCCCCCCC/C=C/CC/C=C/C(O)C(COC1OC(CO)C(OC2OC(CO)C(O)C(O)C2O)C(O)C1O)NC(=O)CCCCCCCCCCCC. The molecular weight excluding hydrogens is 762 g/mol. The molecule has 2 heterocycles. The highest BCUT2D eigenvalue weighted by molar-refractivity contribution is 5.76. The lowest BCUT2D eigenvalue weighted by Crippen LogP contribution is -2.65. The Morgan fingerprint density at radius 3 is 1.66 bits per heavy atom. The smallest absolute Gasteiger partial charge is 0.220 e. The second-order valence-corrected chi connectivity index (χ2v) is 16.5. The lowest BCUT2D eigenvalue weighted by Gasteiger charge is -2.46. The minimum atomic E-state index is -1.79. The third kappa shape index (κ3) is 21.4. The zero-order valence-electron chi connectivity index (χ0n) is 36.2. The molecule has 2 rings (SSSR count). The summed E-state index contributed by atoms with van der Waals surface area (Å²) in [4.78, 5) is 13.1. The van der Waals surface area contributed by atoms with Gasteiger partial charge < -0.3 is 65.1 Å². The van der Waals surface area contributed by atoms with Gasteiger partial charge in [-0.3, -0.25) is 4.79 Å². The van der Waals surface area contributed by atoms with Gasteiger partial charge in [0.15, 0.2) is 12.6 Å².